The minimum Gasteiger partial charge on any atom is -0.361 e. The Kier molecular flexibility index (Phi) is 5.95. The predicted molar refractivity (Wildman–Crippen MR) is 129 cm³/mol. The Bertz CT molecular complexity index is 1210. The number of piperidine rings is 1. The monoisotopic (exact) mass is 443 g/mol. The fourth-order valence-electron chi connectivity index (χ4n) is 4.62. The zero-order valence-corrected chi connectivity index (χ0v) is 18.7. The first-order chi connectivity index (χ1) is 15.7. The number of nitrogens with zero attached hydrogens (tertiary/aromatic N) is 2. The van der Waals surface area contributed by atoms with Gasteiger partial charge in [-0.25, -0.2) is 0 Å². The van der Waals surface area contributed by atoms with E-state index in [0.29, 0.717) is 12.3 Å². The number of para-hydroxylation sites is 1. The van der Waals surface area contributed by atoms with E-state index in [0.717, 1.165) is 59.5 Å². The Morgan fingerprint density at radius 1 is 1.06 bits per heavy atom. The first-order valence-corrected chi connectivity index (χ1v) is 11.6. The van der Waals surface area contributed by atoms with E-state index in [-0.39, 0.29) is 5.91 Å². The zero-order chi connectivity index (χ0) is 21.9. The van der Waals surface area contributed by atoms with Crippen LogP contribution in [0.1, 0.15) is 41.1 Å². The second kappa shape index (κ2) is 9.17. The summed E-state index contributed by atoms with van der Waals surface area (Å²) in [6, 6.07) is 20.4. The number of H-pyrrole nitrogens is 1. The summed E-state index contributed by atoms with van der Waals surface area (Å²) in [6.07, 6.45) is 7.29. The van der Waals surface area contributed by atoms with Crippen molar-refractivity contribution in [1.82, 2.24) is 14.9 Å². The minimum atomic E-state index is 0.193. The van der Waals surface area contributed by atoms with Gasteiger partial charge >= 0.3 is 0 Å². The number of benzene rings is 2. The summed E-state index contributed by atoms with van der Waals surface area (Å²) in [5.41, 5.74) is 5.62. The van der Waals surface area contributed by atoms with E-state index >= 15 is 0 Å². The molecule has 32 heavy (non-hydrogen) atoms. The Labute approximate surface area is 193 Å². The standard InChI is InChI=1S/C27H26ClN3O/c28-23-10-7-19(8-11-23)14-20-9-12-25(29-16-20)21-4-3-13-31(18-21)27(32)15-22-17-30-26-6-2-1-5-24(22)26/h1-2,5-12,16-17,21,30H,3-4,13-15,18H2. The molecule has 1 unspecified atom stereocenters. The van der Waals surface area contributed by atoms with Gasteiger partial charge in [0.1, 0.15) is 0 Å². The lowest BCUT2D eigenvalue weighted by atomic mass is 9.93. The van der Waals surface area contributed by atoms with Gasteiger partial charge in [-0.15, -0.1) is 0 Å². The fraction of sp³-hybridized carbons (Fsp3) is 0.259. The number of hydrogen-bond acceptors (Lipinski definition) is 2. The van der Waals surface area contributed by atoms with Gasteiger partial charge in [0.15, 0.2) is 0 Å². The molecular formula is C27H26ClN3O. The van der Waals surface area contributed by atoms with Crippen molar-refractivity contribution in [3.8, 4) is 0 Å². The van der Waals surface area contributed by atoms with Gasteiger partial charge in [-0.05, 0) is 60.2 Å². The number of amides is 1. The third-order valence-corrected chi connectivity index (χ3v) is 6.63. The van der Waals surface area contributed by atoms with Gasteiger partial charge in [0.2, 0.25) is 5.91 Å². The van der Waals surface area contributed by atoms with Crippen molar-refractivity contribution in [1.29, 1.82) is 0 Å². The van der Waals surface area contributed by atoms with Crippen LogP contribution in [-0.2, 0) is 17.6 Å². The molecule has 4 aromatic rings. The van der Waals surface area contributed by atoms with Crippen LogP contribution in [0.2, 0.25) is 5.02 Å². The maximum atomic E-state index is 13.0. The number of carbonyl (C=O) groups excluding carboxylic acids is 1. The summed E-state index contributed by atoms with van der Waals surface area (Å²) in [6.45, 7) is 1.57. The first kappa shape index (κ1) is 20.8. The highest BCUT2D eigenvalue weighted by Gasteiger charge is 2.26. The number of carbonyl (C=O) groups is 1. The molecule has 3 heterocycles. The van der Waals surface area contributed by atoms with Crippen LogP contribution < -0.4 is 0 Å². The number of rotatable bonds is 5. The van der Waals surface area contributed by atoms with Crippen LogP contribution in [0.5, 0.6) is 0 Å². The lowest BCUT2D eigenvalue weighted by Gasteiger charge is -2.32. The van der Waals surface area contributed by atoms with Gasteiger partial charge in [0.05, 0.1) is 6.42 Å². The second-order valence-corrected chi connectivity index (χ2v) is 9.05. The molecule has 2 aromatic heterocycles. The molecule has 0 spiro atoms. The SMILES string of the molecule is O=C(Cc1c[nH]c2ccccc12)N1CCCC(c2ccc(Cc3ccc(Cl)cc3)cn2)C1. The van der Waals surface area contributed by atoms with Gasteiger partial charge in [0.25, 0.3) is 0 Å². The predicted octanol–water partition coefficient (Wildman–Crippen LogP) is 5.76. The molecule has 1 amide bonds. The molecule has 5 heteroatoms. The van der Waals surface area contributed by atoms with Crippen LogP contribution in [0.25, 0.3) is 10.9 Å². The van der Waals surface area contributed by atoms with Gasteiger partial charge in [0, 0.05) is 53.0 Å². The Morgan fingerprint density at radius 3 is 2.69 bits per heavy atom. The van der Waals surface area contributed by atoms with E-state index < -0.39 is 0 Å². The maximum Gasteiger partial charge on any atom is 0.227 e. The molecular weight excluding hydrogens is 418 g/mol. The molecule has 1 aliphatic heterocycles. The number of aromatic amines is 1. The molecule has 5 rings (SSSR count). The largest absolute Gasteiger partial charge is 0.361 e. The van der Waals surface area contributed by atoms with Crippen molar-refractivity contribution in [2.24, 2.45) is 0 Å². The summed E-state index contributed by atoms with van der Waals surface area (Å²) in [5, 5.41) is 1.88. The molecule has 0 aliphatic carbocycles. The van der Waals surface area contributed by atoms with Gasteiger partial charge in [-0.2, -0.15) is 0 Å². The van der Waals surface area contributed by atoms with Crippen LogP contribution in [-0.4, -0.2) is 33.9 Å². The highest BCUT2D eigenvalue weighted by Crippen LogP contribution is 2.27. The number of pyridine rings is 1. The molecule has 1 aliphatic rings. The minimum absolute atomic E-state index is 0.193. The summed E-state index contributed by atoms with van der Waals surface area (Å²) in [4.78, 5) is 23.1. The van der Waals surface area contributed by atoms with E-state index in [1.54, 1.807) is 0 Å². The number of likely N-dealkylation sites (tertiary alicyclic amines) is 1. The van der Waals surface area contributed by atoms with E-state index in [1.807, 2.05) is 47.6 Å². The van der Waals surface area contributed by atoms with Gasteiger partial charge < -0.3 is 9.88 Å². The molecule has 2 aromatic carbocycles. The number of hydrogen-bond donors (Lipinski definition) is 1. The van der Waals surface area contributed by atoms with Crippen molar-refractivity contribution in [3.05, 3.63) is 100 Å². The van der Waals surface area contributed by atoms with Crippen molar-refractivity contribution in [2.45, 2.75) is 31.6 Å². The topological polar surface area (TPSA) is 49.0 Å². The fourth-order valence-corrected chi connectivity index (χ4v) is 4.74. The molecule has 1 atom stereocenters. The Balaban J connectivity index is 1.23. The van der Waals surface area contributed by atoms with Crippen molar-refractivity contribution >= 4 is 28.4 Å². The summed E-state index contributed by atoms with van der Waals surface area (Å²) >= 11 is 5.98. The molecule has 1 N–H and O–H groups in total. The summed E-state index contributed by atoms with van der Waals surface area (Å²) < 4.78 is 0. The molecule has 1 saturated heterocycles. The van der Waals surface area contributed by atoms with Crippen molar-refractivity contribution in [2.75, 3.05) is 13.1 Å². The van der Waals surface area contributed by atoms with Gasteiger partial charge in [-0.3, -0.25) is 9.78 Å². The van der Waals surface area contributed by atoms with Gasteiger partial charge in [-0.1, -0.05) is 48.0 Å². The lowest BCUT2D eigenvalue weighted by Crippen LogP contribution is -2.40. The molecule has 4 nitrogen and oxygen atoms in total. The van der Waals surface area contributed by atoms with Crippen LogP contribution in [0.3, 0.4) is 0 Å². The van der Waals surface area contributed by atoms with E-state index in [2.05, 4.69) is 35.3 Å². The molecule has 0 saturated carbocycles. The van der Waals surface area contributed by atoms with E-state index in [9.17, 15) is 4.79 Å². The van der Waals surface area contributed by atoms with Crippen molar-refractivity contribution < 1.29 is 4.79 Å². The highest BCUT2D eigenvalue weighted by molar-refractivity contribution is 6.30. The Morgan fingerprint density at radius 2 is 1.88 bits per heavy atom. The van der Waals surface area contributed by atoms with Crippen molar-refractivity contribution in [3.63, 3.8) is 0 Å². The normalized spacial score (nSPS) is 16.4. The number of aromatic nitrogens is 2. The zero-order valence-electron chi connectivity index (χ0n) is 17.9. The maximum absolute atomic E-state index is 13.0. The van der Waals surface area contributed by atoms with Crippen LogP contribution >= 0.6 is 11.6 Å². The first-order valence-electron chi connectivity index (χ1n) is 11.2. The summed E-state index contributed by atoms with van der Waals surface area (Å²) in [5.74, 6) is 0.485. The number of fused-ring (bicyclic) bond motifs is 1. The average Bonchev–Trinajstić information content (AvgIpc) is 3.24. The molecule has 0 bridgehead atoms. The summed E-state index contributed by atoms with van der Waals surface area (Å²) in [7, 11) is 0. The lowest BCUT2D eigenvalue weighted by molar-refractivity contribution is -0.131. The van der Waals surface area contributed by atoms with Crippen LogP contribution in [0.4, 0.5) is 0 Å². The van der Waals surface area contributed by atoms with E-state index in [1.165, 1.54) is 11.1 Å². The Hall–Kier alpha value is -3.11. The van der Waals surface area contributed by atoms with E-state index in [4.69, 9.17) is 16.6 Å². The average molecular weight is 444 g/mol. The molecule has 0 radical (unpaired) electrons. The highest BCUT2D eigenvalue weighted by atomic mass is 35.5. The number of halogens is 1. The molecule has 162 valence electrons. The number of nitrogens with one attached hydrogen (secondary N) is 1. The third kappa shape index (κ3) is 4.56. The van der Waals surface area contributed by atoms with Crippen LogP contribution in [0, 0.1) is 0 Å². The molecule has 1 fully saturated rings. The smallest absolute Gasteiger partial charge is 0.227 e. The van der Waals surface area contributed by atoms with Crippen LogP contribution in [0.15, 0.2) is 73.1 Å². The quantitative estimate of drug-likeness (QED) is 0.426. The second-order valence-electron chi connectivity index (χ2n) is 8.61. The third-order valence-electron chi connectivity index (χ3n) is 6.38.